The Bertz CT molecular complexity index is 1320. The van der Waals surface area contributed by atoms with Crippen molar-refractivity contribution in [2.75, 3.05) is 26.2 Å². The number of piperazine rings is 1. The van der Waals surface area contributed by atoms with Crippen molar-refractivity contribution in [3.8, 4) is 28.9 Å². The summed E-state index contributed by atoms with van der Waals surface area (Å²) in [6.07, 6.45) is 0. The molecule has 0 N–H and O–H groups in total. The molecule has 1 saturated heterocycles. The molecule has 0 spiro atoms. The van der Waals surface area contributed by atoms with Gasteiger partial charge in [-0.1, -0.05) is 41.6 Å². The zero-order valence-electron chi connectivity index (χ0n) is 18.6. The number of aromatic nitrogens is 2. The number of benzene rings is 3. The first-order valence-corrected chi connectivity index (χ1v) is 11.2. The minimum Gasteiger partial charge on any atom is -0.336 e. The number of nitrogens with zero attached hydrogens (tertiary/aromatic N) is 5. The van der Waals surface area contributed by atoms with Crippen LogP contribution in [0.2, 0.25) is 0 Å². The molecule has 7 nitrogen and oxygen atoms in total. The molecule has 4 aromatic rings. The smallest absolute Gasteiger partial charge is 0.258 e. The maximum Gasteiger partial charge on any atom is 0.258 e. The predicted molar refractivity (Wildman–Crippen MR) is 128 cm³/mol. The van der Waals surface area contributed by atoms with Gasteiger partial charge in [0.2, 0.25) is 5.82 Å². The summed E-state index contributed by atoms with van der Waals surface area (Å²) in [4.78, 5) is 21.5. The Kier molecular flexibility index (Phi) is 6.15. The van der Waals surface area contributed by atoms with Gasteiger partial charge >= 0.3 is 0 Å². The number of carbonyl (C=O) groups is 1. The Balaban J connectivity index is 1.20. The lowest BCUT2D eigenvalue weighted by atomic mass is 10.1. The molecule has 0 radical (unpaired) electrons. The van der Waals surface area contributed by atoms with E-state index in [-0.39, 0.29) is 5.91 Å². The molecule has 168 valence electrons. The molecule has 0 unspecified atom stereocenters. The zero-order valence-corrected chi connectivity index (χ0v) is 18.6. The van der Waals surface area contributed by atoms with Crippen LogP contribution in [-0.2, 0) is 6.54 Å². The number of rotatable bonds is 5. The number of carbonyl (C=O) groups excluding carboxylic acids is 1. The molecule has 5 rings (SSSR count). The fourth-order valence-corrected chi connectivity index (χ4v) is 4.08. The van der Waals surface area contributed by atoms with E-state index < -0.39 is 0 Å². The quantitative estimate of drug-likeness (QED) is 0.453. The van der Waals surface area contributed by atoms with Crippen LogP contribution >= 0.6 is 0 Å². The van der Waals surface area contributed by atoms with Gasteiger partial charge in [0.1, 0.15) is 0 Å². The van der Waals surface area contributed by atoms with Crippen molar-refractivity contribution in [3.05, 3.63) is 95.6 Å². The molecule has 1 aliphatic heterocycles. The average molecular weight is 450 g/mol. The van der Waals surface area contributed by atoms with Crippen LogP contribution in [0.4, 0.5) is 0 Å². The third-order valence-corrected chi connectivity index (χ3v) is 5.96. The van der Waals surface area contributed by atoms with Gasteiger partial charge in [0, 0.05) is 49.4 Å². The molecule has 1 fully saturated rings. The van der Waals surface area contributed by atoms with E-state index >= 15 is 0 Å². The normalized spacial score (nSPS) is 14.0. The summed E-state index contributed by atoms with van der Waals surface area (Å²) in [5.74, 6) is 1.08. The molecule has 0 saturated carbocycles. The second kappa shape index (κ2) is 9.69. The third-order valence-electron chi connectivity index (χ3n) is 5.96. The van der Waals surface area contributed by atoms with Gasteiger partial charge < -0.3 is 9.42 Å². The molecule has 7 heteroatoms. The van der Waals surface area contributed by atoms with Crippen LogP contribution in [0.15, 0.2) is 83.4 Å². The molecule has 0 aliphatic carbocycles. The van der Waals surface area contributed by atoms with Gasteiger partial charge in [-0.2, -0.15) is 10.2 Å². The lowest BCUT2D eigenvalue weighted by Crippen LogP contribution is -2.48. The fraction of sp³-hybridized carbons (Fsp3) is 0.185. The molecule has 1 aromatic heterocycles. The van der Waals surface area contributed by atoms with E-state index in [0.717, 1.165) is 36.3 Å². The molecule has 0 bridgehead atoms. The third kappa shape index (κ3) is 4.72. The van der Waals surface area contributed by atoms with Crippen LogP contribution in [0.5, 0.6) is 0 Å². The summed E-state index contributed by atoms with van der Waals surface area (Å²) in [5.41, 5.74) is 4.15. The minimum atomic E-state index is 0.0115. The Morgan fingerprint density at radius 1 is 0.912 bits per heavy atom. The maximum absolute atomic E-state index is 12.8. The van der Waals surface area contributed by atoms with Gasteiger partial charge in [0.25, 0.3) is 11.8 Å². The Hall–Kier alpha value is -4.28. The van der Waals surface area contributed by atoms with Gasteiger partial charge in [-0.3, -0.25) is 9.69 Å². The van der Waals surface area contributed by atoms with Crippen LogP contribution in [0.1, 0.15) is 21.5 Å². The van der Waals surface area contributed by atoms with Crippen molar-refractivity contribution in [2.24, 2.45) is 0 Å². The highest BCUT2D eigenvalue weighted by Gasteiger charge is 2.22. The van der Waals surface area contributed by atoms with E-state index in [9.17, 15) is 4.79 Å². The second-order valence-electron chi connectivity index (χ2n) is 8.25. The maximum atomic E-state index is 12.8. The van der Waals surface area contributed by atoms with Crippen LogP contribution in [0, 0.1) is 11.3 Å². The molecule has 34 heavy (non-hydrogen) atoms. The number of nitriles is 1. The van der Waals surface area contributed by atoms with Gasteiger partial charge in [0.15, 0.2) is 0 Å². The van der Waals surface area contributed by atoms with Crippen LogP contribution in [-0.4, -0.2) is 52.0 Å². The van der Waals surface area contributed by atoms with Crippen molar-refractivity contribution in [2.45, 2.75) is 6.54 Å². The topological polar surface area (TPSA) is 86.3 Å². The zero-order chi connectivity index (χ0) is 23.3. The van der Waals surface area contributed by atoms with Crippen molar-refractivity contribution in [3.63, 3.8) is 0 Å². The van der Waals surface area contributed by atoms with Gasteiger partial charge in [-0.25, -0.2) is 0 Å². The lowest BCUT2D eigenvalue weighted by Gasteiger charge is -2.34. The number of amides is 1. The molecule has 3 aromatic carbocycles. The van der Waals surface area contributed by atoms with Crippen molar-refractivity contribution < 1.29 is 9.32 Å². The predicted octanol–water partition coefficient (Wildman–Crippen LogP) is 4.23. The SMILES string of the molecule is N#Cc1ccc(C(=O)N2CCN(Cc3cccc(-c4noc(-c5ccccc5)n4)c3)CC2)cc1. The highest BCUT2D eigenvalue weighted by molar-refractivity contribution is 5.94. The molecule has 0 atom stereocenters. The number of hydrogen-bond acceptors (Lipinski definition) is 6. The van der Waals surface area contributed by atoms with Crippen molar-refractivity contribution in [1.82, 2.24) is 19.9 Å². The minimum absolute atomic E-state index is 0.0115. The van der Waals surface area contributed by atoms with Gasteiger partial charge in [-0.15, -0.1) is 0 Å². The molecule has 2 heterocycles. The van der Waals surface area contributed by atoms with E-state index in [4.69, 9.17) is 9.78 Å². The Morgan fingerprint density at radius 2 is 1.65 bits per heavy atom. The Morgan fingerprint density at radius 3 is 2.38 bits per heavy atom. The standard InChI is InChI=1S/C27H23N5O2/c28-18-20-9-11-23(12-10-20)27(33)32-15-13-31(14-16-32)19-21-5-4-8-24(17-21)25-29-26(34-30-25)22-6-2-1-3-7-22/h1-12,17H,13-16,19H2. The van der Waals surface area contributed by atoms with E-state index in [1.807, 2.05) is 47.4 Å². The second-order valence-corrected chi connectivity index (χ2v) is 8.25. The van der Waals surface area contributed by atoms with E-state index in [1.165, 1.54) is 0 Å². The highest BCUT2D eigenvalue weighted by Crippen LogP contribution is 2.23. The first-order valence-electron chi connectivity index (χ1n) is 11.2. The fourth-order valence-electron chi connectivity index (χ4n) is 4.08. The molecule has 1 aliphatic rings. The first kappa shape index (κ1) is 21.6. The summed E-state index contributed by atoms with van der Waals surface area (Å²) in [5, 5.41) is 13.1. The molecular weight excluding hydrogens is 426 g/mol. The highest BCUT2D eigenvalue weighted by atomic mass is 16.5. The first-order chi connectivity index (χ1) is 16.7. The largest absolute Gasteiger partial charge is 0.336 e. The average Bonchev–Trinajstić information content (AvgIpc) is 3.40. The summed E-state index contributed by atoms with van der Waals surface area (Å²) < 4.78 is 5.45. The summed E-state index contributed by atoms with van der Waals surface area (Å²) >= 11 is 0. The molecule has 1 amide bonds. The molecular formula is C27H23N5O2. The lowest BCUT2D eigenvalue weighted by molar-refractivity contribution is 0.0628. The monoisotopic (exact) mass is 449 g/mol. The number of hydrogen-bond donors (Lipinski definition) is 0. The summed E-state index contributed by atoms with van der Waals surface area (Å²) in [7, 11) is 0. The van der Waals surface area contributed by atoms with Crippen LogP contribution < -0.4 is 0 Å². The van der Waals surface area contributed by atoms with Crippen molar-refractivity contribution >= 4 is 5.91 Å². The van der Waals surface area contributed by atoms with Crippen LogP contribution in [0.25, 0.3) is 22.8 Å². The van der Waals surface area contributed by atoms with Crippen LogP contribution in [0.3, 0.4) is 0 Å². The van der Waals surface area contributed by atoms with Gasteiger partial charge in [-0.05, 0) is 48.0 Å². The Labute approximate surface area is 197 Å². The van der Waals surface area contributed by atoms with E-state index in [1.54, 1.807) is 24.3 Å². The van der Waals surface area contributed by atoms with Gasteiger partial charge in [0.05, 0.1) is 11.6 Å². The van der Waals surface area contributed by atoms with Crippen molar-refractivity contribution in [1.29, 1.82) is 5.26 Å². The summed E-state index contributed by atoms with van der Waals surface area (Å²) in [6, 6.07) is 26.8. The summed E-state index contributed by atoms with van der Waals surface area (Å²) in [6.45, 7) is 3.73. The van der Waals surface area contributed by atoms with E-state index in [2.05, 4.69) is 33.2 Å². The van der Waals surface area contributed by atoms with E-state index in [0.29, 0.717) is 35.9 Å².